The van der Waals surface area contributed by atoms with Crippen LogP contribution in [0.25, 0.3) is 0 Å². The molecule has 5 nitrogen and oxygen atoms in total. The maximum atomic E-state index is 11.9. The van der Waals surface area contributed by atoms with Crippen LogP contribution in [0.5, 0.6) is 0 Å². The van der Waals surface area contributed by atoms with Gasteiger partial charge in [0.25, 0.3) is 0 Å². The van der Waals surface area contributed by atoms with E-state index in [1.54, 1.807) is 13.2 Å². The van der Waals surface area contributed by atoms with E-state index in [0.717, 1.165) is 25.1 Å². The van der Waals surface area contributed by atoms with Crippen molar-refractivity contribution in [3.63, 3.8) is 0 Å². The van der Waals surface area contributed by atoms with Crippen LogP contribution in [0.15, 0.2) is 18.2 Å². The molecule has 1 aliphatic heterocycles. The lowest BCUT2D eigenvalue weighted by Crippen LogP contribution is -2.15. The molecular formula is C15H21NO4. The molecule has 0 bridgehead atoms. The number of ether oxygens (including phenoxy) is 3. The second kappa shape index (κ2) is 7.87. The molecule has 0 spiro atoms. The van der Waals surface area contributed by atoms with Crippen molar-refractivity contribution in [3.8, 4) is 0 Å². The van der Waals surface area contributed by atoms with E-state index in [9.17, 15) is 4.79 Å². The van der Waals surface area contributed by atoms with Crippen LogP contribution in [0, 0.1) is 0 Å². The van der Waals surface area contributed by atoms with Gasteiger partial charge in [0.05, 0.1) is 25.4 Å². The summed E-state index contributed by atoms with van der Waals surface area (Å²) in [5, 5.41) is 3.32. The molecule has 2 rings (SSSR count). The summed E-state index contributed by atoms with van der Waals surface area (Å²) in [6.45, 7) is 2.71. The zero-order valence-electron chi connectivity index (χ0n) is 11.8. The molecule has 0 aliphatic carbocycles. The van der Waals surface area contributed by atoms with E-state index in [2.05, 4.69) is 5.32 Å². The number of aryl methyl sites for hydroxylation is 1. The first-order valence-corrected chi connectivity index (χ1v) is 6.92. The normalized spacial score (nSPS) is 13.4. The lowest BCUT2D eigenvalue weighted by molar-refractivity contribution is 0.0213. The Morgan fingerprint density at radius 1 is 1.25 bits per heavy atom. The first kappa shape index (κ1) is 14.8. The van der Waals surface area contributed by atoms with Gasteiger partial charge in [-0.2, -0.15) is 0 Å². The zero-order valence-corrected chi connectivity index (χ0v) is 11.8. The number of carbonyl (C=O) groups is 1. The molecule has 1 aliphatic rings. The fraction of sp³-hybridized carbons (Fsp3) is 0.533. The molecule has 110 valence electrons. The van der Waals surface area contributed by atoms with Gasteiger partial charge in [-0.1, -0.05) is 0 Å². The minimum absolute atomic E-state index is 0.262. The Labute approximate surface area is 119 Å². The number of carbonyl (C=O) groups excluding carboxylic acids is 1. The topological polar surface area (TPSA) is 56.8 Å². The molecule has 0 atom stereocenters. The van der Waals surface area contributed by atoms with Crippen LogP contribution >= 0.6 is 0 Å². The minimum Gasteiger partial charge on any atom is -0.460 e. The molecular weight excluding hydrogens is 258 g/mol. The summed E-state index contributed by atoms with van der Waals surface area (Å²) in [4.78, 5) is 11.9. The molecule has 5 heteroatoms. The average molecular weight is 279 g/mol. The van der Waals surface area contributed by atoms with Crippen molar-refractivity contribution in [2.75, 3.05) is 45.4 Å². The monoisotopic (exact) mass is 279 g/mol. The standard InChI is InChI=1S/C15H21NO4/c1-18-7-8-19-9-10-20-15(17)13-4-5-14-12(11-13)3-2-6-16-14/h4-5,11,16H,2-3,6-10H2,1H3. The summed E-state index contributed by atoms with van der Waals surface area (Å²) in [6, 6.07) is 5.65. The Bertz CT molecular complexity index is 447. The quantitative estimate of drug-likeness (QED) is 0.610. The molecule has 0 saturated carbocycles. The molecule has 0 aromatic heterocycles. The molecule has 20 heavy (non-hydrogen) atoms. The maximum Gasteiger partial charge on any atom is 0.338 e. The number of anilines is 1. The molecule has 0 radical (unpaired) electrons. The first-order chi connectivity index (χ1) is 9.81. The average Bonchev–Trinajstić information content (AvgIpc) is 2.50. The van der Waals surface area contributed by atoms with Crippen molar-refractivity contribution < 1.29 is 19.0 Å². The Morgan fingerprint density at radius 2 is 2.10 bits per heavy atom. The molecule has 0 unspecified atom stereocenters. The SMILES string of the molecule is COCCOCCOC(=O)c1ccc2c(c1)CCCN2. The molecule has 0 saturated heterocycles. The molecule has 0 fully saturated rings. The van der Waals surface area contributed by atoms with Crippen LogP contribution in [-0.4, -0.2) is 46.1 Å². The molecule has 1 heterocycles. The third kappa shape index (κ3) is 4.21. The van der Waals surface area contributed by atoms with E-state index in [0.29, 0.717) is 25.4 Å². The fourth-order valence-electron chi connectivity index (χ4n) is 2.12. The van der Waals surface area contributed by atoms with E-state index >= 15 is 0 Å². The van der Waals surface area contributed by atoms with Crippen LogP contribution in [0.2, 0.25) is 0 Å². The number of benzene rings is 1. The summed E-state index contributed by atoms with van der Waals surface area (Å²) in [5.74, 6) is -0.297. The number of methoxy groups -OCH3 is 1. The van der Waals surface area contributed by atoms with Gasteiger partial charge < -0.3 is 19.5 Å². The summed E-state index contributed by atoms with van der Waals surface area (Å²) >= 11 is 0. The predicted molar refractivity (Wildman–Crippen MR) is 76.2 cm³/mol. The van der Waals surface area contributed by atoms with Gasteiger partial charge >= 0.3 is 5.97 Å². The van der Waals surface area contributed by atoms with Gasteiger partial charge in [0.2, 0.25) is 0 Å². The Hall–Kier alpha value is -1.59. The van der Waals surface area contributed by atoms with Crippen molar-refractivity contribution in [1.82, 2.24) is 0 Å². The van der Waals surface area contributed by atoms with Crippen LogP contribution in [-0.2, 0) is 20.6 Å². The highest BCUT2D eigenvalue weighted by molar-refractivity contribution is 5.90. The minimum atomic E-state index is -0.297. The Balaban J connectivity index is 1.77. The number of fused-ring (bicyclic) bond motifs is 1. The van der Waals surface area contributed by atoms with E-state index in [-0.39, 0.29) is 12.6 Å². The van der Waals surface area contributed by atoms with Crippen LogP contribution in [0.3, 0.4) is 0 Å². The largest absolute Gasteiger partial charge is 0.460 e. The summed E-state index contributed by atoms with van der Waals surface area (Å²) in [6.07, 6.45) is 2.10. The number of hydrogen-bond acceptors (Lipinski definition) is 5. The fourth-order valence-corrected chi connectivity index (χ4v) is 2.12. The Kier molecular flexibility index (Phi) is 5.83. The maximum absolute atomic E-state index is 11.9. The smallest absolute Gasteiger partial charge is 0.338 e. The van der Waals surface area contributed by atoms with Crippen molar-refractivity contribution in [2.45, 2.75) is 12.8 Å². The van der Waals surface area contributed by atoms with Crippen molar-refractivity contribution >= 4 is 11.7 Å². The molecule has 0 amide bonds. The van der Waals surface area contributed by atoms with E-state index in [1.165, 1.54) is 5.56 Å². The lowest BCUT2D eigenvalue weighted by Gasteiger charge is -2.18. The molecule has 1 N–H and O–H groups in total. The highest BCUT2D eigenvalue weighted by Crippen LogP contribution is 2.23. The molecule has 1 aromatic rings. The van der Waals surface area contributed by atoms with Gasteiger partial charge in [0.1, 0.15) is 6.61 Å². The van der Waals surface area contributed by atoms with Crippen LogP contribution < -0.4 is 5.32 Å². The van der Waals surface area contributed by atoms with Crippen LogP contribution in [0.4, 0.5) is 5.69 Å². The Morgan fingerprint density at radius 3 is 2.95 bits per heavy atom. The van der Waals surface area contributed by atoms with Crippen molar-refractivity contribution in [2.24, 2.45) is 0 Å². The van der Waals surface area contributed by atoms with Crippen molar-refractivity contribution in [1.29, 1.82) is 0 Å². The van der Waals surface area contributed by atoms with Gasteiger partial charge in [-0.15, -0.1) is 0 Å². The second-order valence-electron chi connectivity index (χ2n) is 4.64. The first-order valence-electron chi connectivity index (χ1n) is 6.92. The predicted octanol–water partition coefficient (Wildman–Crippen LogP) is 1.86. The highest BCUT2D eigenvalue weighted by Gasteiger charge is 2.13. The number of nitrogens with one attached hydrogen (secondary N) is 1. The zero-order chi connectivity index (χ0) is 14.2. The highest BCUT2D eigenvalue weighted by atomic mass is 16.6. The lowest BCUT2D eigenvalue weighted by atomic mass is 10.0. The summed E-state index contributed by atoms with van der Waals surface area (Å²) in [7, 11) is 1.62. The van der Waals surface area contributed by atoms with E-state index in [4.69, 9.17) is 14.2 Å². The number of rotatable bonds is 7. The van der Waals surface area contributed by atoms with Crippen molar-refractivity contribution in [3.05, 3.63) is 29.3 Å². The van der Waals surface area contributed by atoms with Gasteiger partial charge in [-0.05, 0) is 36.6 Å². The van der Waals surface area contributed by atoms with E-state index < -0.39 is 0 Å². The summed E-state index contributed by atoms with van der Waals surface area (Å²) in [5.41, 5.74) is 2.90. The van der Waals surface area contributed by atoms with Gasteiger partial charge in [0.15, 0.2) is 0 Å². The van der Waals surface area contributed by atoms with E-state index in [1.807, 2.05) is 12.1 Å². The molecule has 1 aromatic carbocycles. The van der Waals surface area contributed by atoms with Gasteiger partial charge in [-0.25, -0.2) is 4.79 Å². The third-order valence-corrected chi connectivity index (χ3v) is 3.17. The number of esters is 1. The summed E-state index contributed by atoms with van der Waals surface area (Å²) < 4.78 is 15.3. The van der Waals surface area contributed by atoms with Crippen LogP contribution in [0.1, 0.15) is 22.3 Å². The number of hydrogen-bond donors (Lipinski definition) is 1. The van der Waals surface area contributed by atoms with Gasteiger partial charge in [0, 0.05) is 19.3 Å². The van der Waals surface area contributed by atoms with Gasteiger partial charge in [-0.3, -0.25) is 0 Å². The third-order valence-electron chi connectivity index (χ3n) is 3.17. The second-order valence-corrected chi connectivity index (χ2v) is 4.64.